The van der Waals surface area contributed by atoms with Gasteiger partial charge in [0, 0.05) is 17.0 Å². The van der Waals surface area contributed by atoms with Crippen LogP contribution in [0.5, 0.6) is 17.4 Å². The van der Waals surface area contributed by atoms with Crippen LogP contribution in [0.15, 0.2) is 30.5 Å². The molecule has 1 aliphatic carbocycles. The summed E-state index contributed by atoms with van der Waals surface area (Å²) in [4.78, 5) is 29.4. The van der Waals surface area contributed by atoms with Crippen molar-refractivity contribution in [2.45, 2.75) is 38.1 Å². The highest BCUT2D eigenvalue weighted by Gasteiger charge is 2.53. The quantitative estimate of drug-likeness (QED) is 0.846. The van der Waals surface area contributed by atoms with E-state index in [4.69, 9.17) is 9.47 Å². The van der Waals surface area contributed by atoms with Crippen LogP contribution >= 0.6 is 0 Å². The molecular formula is C20H19N3O4. The first-order chi connectivity index (χ1) is 13.0. The van der Waals surface area contributed by atoms with Gasteiger partial charge in [0.25, 0.3) is 5.91 Å². The SMILES string of the molecule is Cc1ccc(Oc2ccc(N3C(=O)NC(C)C3=O)cn2)c2c1OCC21CC1. The molecule has 3 amide bonds. The number of hydrogen-bond acceptors (Lipinski definition) is 5. The Hall–Kier alpha value is -3.09. The molecule has 1 saturated carbocycles. The second kappa shape index (κ2) is 5.45. The standard InChI is InChI=1S/C20H19N3O4/c1-11-3-5-14(16-17(11)26-10-20(16)7-8-20)27-15-6-4-13(9-21-15)23-18(24)12(2)22-19(23)25/h3-6,9,12H,7-8,10H2,1-2H3,(H,22,25). The van der Waals surface area contributed by atoms with Gasteiger partial charge in [-0.15, -0.1) is 0 Å². The zero-order chi connectivity index (χ0) is 18.8. The molecule has 0 bridgehead atoms. The molecule has 27 heavy (non-hydrogen) atoms. The van der Waals surface area contributed by atoms with Crippen LogP contribution in [-0.4, -0.2) is 29.6 Å². The lowest BCUT2D eigenvalue weighted by atomic mass is 9.95. The molecule has 2 aromatic rings. The number of amides is 3. The van der Waals surface area contributed by atoms with Crippen molar-refractivity contribution in [1.29, 1.82) is 0 Å². The maximum atomic E-state index is 12.1. The van der Waals surface area contributed by atoms with Gasteiger partial charge >= 0.3 is 6.03 Å². The Bertz CT molecular complexity index is 966. The van der Waals surface area contributed by atoms with E-state index >= 15 is 0 Å². The fourth-order valence-electron chi connectivity index (χ4n) is 3.80. The van der Waals surface area contributed by atoms with Crippen molar-refractivity contribution in [3.63, 3.8) is 0 Å². The van der Waals surface area contributed by atoms with Gasteiger partial charge in [-0.25, -0.2) is 14.7 Å². The fourth-order valence-corrected chi connectivity index (χ4v) is 3.80. The van der Waals surface area contributed by atoms with Gasteiger partial charge in [0.15, 0.2) is 0 Å². The van der Waals surface area contributed by atoms with E-state index in [2.05, 4.69) is 10.3 Å². The molecule has 138 valence electrons. The van der Waals surface area contributed by atoms with E-state index in [0.29, 0.717) is 18.2 Å². The van der Waals surface area contributed by atoms with Crippen LogP contribution in [0.25, 0.3) is 0 Å². The van der Waals surface area contributed by atoms with Gasteiger partial charge in [-0.1, -0.05) is 6.07 Å². The molecule has 7 heteroatoms. The molecule has 1 unspecified atom stereocenters. The lowest BCUT2D eigenvalue weighted by molar-refractivity contribution is -0.117. The molecule has 5 rings (SSSR count). The largest absolute Gasteiger partial charge is 0.492 e. The molecule has 1 saturated heterocycles. The summed E-state index contributed by atoms with van der Waals surface area (Å²) in [5.74, 6) is 1.80. The summed E-state index contributed by atoms with van der Waals surface area (Å²) in [6.07, 6.45) is 3.69. The minimum atomic E-state index is -0.529. The third-order valence-corrected chi connectivity index (χ3v) is 5.52. The number of benzene rings is 1. The van der Waals surface area contributed by atoms with Gasteiger partial charge in [0.05, 0.1) is 18.5 Å². The number of pyridine rings is 1. The van der Waals surface area contributed by atoms with E-state index in [1.165, 1.54) is 6.20 Å². The fraction of sp³-hybridized carbons (Fsp3) is 0.350. The Morgan fingerprint density at radius 3 is 2.70 bits per heavy atom. The van der Waals surface area contributed by atoms with Crippen molar-refractivity contribution in [2.24, 2.45) is 0 Å². The number of anilines is 1. The van der Waals surface area contributed by atoms with Crippen molar-refractivity contribution < 1.29 is 19.1 Å². The van der Waals surface area contributed by atoms with Gasteiger partial charge in [-0.2, -0.15) is 0 Å². The average Bonchev–Trinajstić information content (AvgIpc) is 3.25. The number of nitrogens with one attached hydrogen (secondary N) is 1. The highest BCUT2D eigenvalue weighted by Crippen LogP contribution is 2.59. The highest BCUT2D eigenvalue weighted by atomic mass is 16.5. The van der Waals surface area contributed by atoms with Crippen molar-refractivity contribution >= 4 is 17.6 Å². The molecule has 1 aromatic heterocycles. The lowest BCUT2D eigenvalue weighted by Crippen LogP contribution is -2.30. The predicted molar refractivity (Wildman–Crippen MR) is 97.4 cm³/mol. The molecule has 2 fully saturated rings. The van der Waals surface area contributed by atoms with Crippen LogP contribution in [-0.2, 0) is 10.2 Å². The number of fused-ring (bicyclic) bond motifs is 2. The normalized spacial score (nSPS) is 21.9. The van der Waals surface area contributed by atoms with E-state index in [-0.39, 0.29) is 11.3 Å². The van der Waals surface area contributed by atoms with Crippen LogP contribution in [0.3, 0.4) is 0 Å². The maximum absolute atomic E-state index is 12.1. The second-order valence-corrected chi connectivity index (χ2v) is 7.46. The van der Waals surface area contributed by atoms with Crippen LogP contribution in [0.1, 0.15) is 30.9 Å². The average molecular weight is 365 g/mol. The minimum absolute atomic E-state index is 0.0901. The lowest BCUT2D eigenvalue weighted by Gasteiger charge is -2.15. The Morgan fingerprint density at radius 2 is 2.07 bits per heavy atom. The Morgan fingerprint density at radius 1 is 1.26 bits per heavy atom. The number of hydrogen-bond donors (Lipinski definition) is 1. The van der Waals surface area contributed by atoms with Crippen molar-refractivity contribution in [3.05, 3.63) is 41.6 Å². The molecule has 0 radical (unpaired) electrons. The Balaban J connectivity index is 1.43. The summed E-state index contributed by atoms with van der Waals surface area (Å²) in [7, 11) is 0. The summed E-state index contributed by atoms with van der Waals surface area (Å²) in [5.41, 5.74) is 2.76. The van der Waals surface area contributed by atoms with E-state index in [9.17, 15) is 9.59 Å². The summed E-state index contributed by atoms with van der Waals surface area (Å²) in [6.45, 7) is 4.40. The third kappa shape index (κ3) is 2.38. The molecule has 1 N–H and O–H groups in total. The Kier molecular flexibility index (Phi) is 3.25. The van der Waals surface area contributed by atoms with Crippen molar-refractivity contribution in [3.8, 4) is 17.4 Å². The zero-order valence-electron chi connectivity index (χ0n) is 15.1. The van der Waals surface area contributed by atoms with Crippen LogP contribution < -0.4 is 19.7 Å². The zero-order valence-corrected chi connectivity index (χ0v) is 15.1. The monoisotopic (exact) mass is 365 g/mol. The first-order valence-corrected chi connectivity index (χ1v) is 9.04. The summed E-state index contributed by atoms with van der Waals surface area (Å²) >= 11 is 0. The molecule has 3 heterocycles. The van der Waals surface area contributed by atoms with Gasteiger partial charge in [0.1, 0.15) is 17.5 Å². The highest BCUT2D eigenvalue weighted by molar-refractivity contribution is 6.21. The maximum Gasteiger partial charge on any atom is 0.329 e. The van der Waals surface area contributed by atoms with E-state index in [1.807, 2.05) is 19.1 Å². The van der Waals surface area contributed by atoms with Gasteiger partial charge in [0.2, 0.25) is 5.88 Å². The summed E-state index contributed by atoms with van der Waals surface area (Å²) < 4.78 is 12.0. The first-order valence-electron chi connectivity index (χ1n) is 9.04. The number of imide groups is 1. The van der Waals surface area contributed by atoms with Crippen LogP contribution in [0.2, 0.25) is 0 Å². The number of urea groups is 1. The van der Waals surface area contributed by atoms with Gasteiger partial charge in [-0.3, -0.25) is 4.79 Å². The summed E-state index contributed by atoms with van der Waals surface area (Å²) in [6, 6.07) is 6.30. The van der Waals surface area contributed by atoms with Gasteiger partial charge in [-0.05, 0) is 44.4 Å². The third-order valence-electron chi connectivity index (χ3n) is 5.52. The molecule has 2 aliphatic heterocycles. The topological polar surface area (TPSA) is 80.8 Å². The molecule has 7 nitrogen and oxygen atoms in total. The van der Waals surface area contributed by atoms with E-state index in [0.717, 1.165) is 40.4 Å². The van der Waals surface area contributed by atoms with Crippen LogP contribution in [0, 0.1) is 6.92 Å². The number of aromatic nitrogens is 1. The predicted octanol–water partition coefficient (Wildman–Crippen LogP) is 3.05. The van der Waals surface area contributed by atoms with Crippen LogP contribution in [0.4, 0.5) is 10.5 Å². The number of nitrogens with zero attached hydrogens (tertiary/aromatic N) is 2. The Labute approximate surface area is 156 Å². The first kappa shape index (κ1) is 16.1. The minimum Gasteiger partial charge on any atom is -0.492 e. The molecule has 1 spiro atoms. The van der Waals surface area contributed by atoms with Crippen molar-refractivity contribution in [2.75, 3.05) is 11.5 Å². The number of aryl methyl sites for hydroxylation is 1. The smallest absolute Gasteiger partial charge is 0.329 e. The van der Waals surface area contributed by atoms with E-state index in [1.54, 1.807) is 19.1 Å². The van der Waals surface area contributed by atoms with Gasteiger partial charge < -0.3 is 14.8 Å². The molecule has 1 aromatic carbocycles. The van der Waals surface area contributed by atoms with Crippen molar-refractivity contribution in [1.82, 2.24) is 10.3 Å². The number of ether oxygens (including phenoxy) is 2. The molecule has 1 atom stereocenters. The van der Waals surface area contributed by atoms with E-state index < -0.39 is 12.1 Å². The number of rotatable bonds is 3. The molecular weight excluding hydrogens is 346 g/mol. The summed E-state index contributed by atoms with van der Waals surface area (Å²) in [5, 5.41) is 2.58. The second-order valence-electron chi connectivity index (χ2n) is 7.46. The number of carbonyl (C=O) groups is 2. The molecule has 3 aliphatic rings. The number of carbonyl (C=O) groups excluding carboxylic acids is 2.